The van der Waals surface area contributed by atoms with Crippen molar-refractivity contribution in [3.63, 3.8) is 0 Å². The first-order chi connectivity index (χ1) is 18.1. The molecule has 1 aliphatic rings. The molecular formula is C32H25BF2N2. The monoisotopic (exact) mass is 486 g/mol. The molecule has 0 spiro atoms. The molecule has 1 aromatic heterocycles. The van der Waals surface area contributed by atoms with Crippen LogP contribution in [0.4, 0.5) is 8.63 Å². The van der Waals surface area contributed by atoms with Gasteiger partial charge in [0.25, 0.3) is 0 Å². The Kier molecular flexibility index (Phi) is 7.22. The summed E-state index contributed by atoms with van der Waals surface area (Å²) >= 11 is 0. The highest BCUT2D eigenvalue weighted by atomic mass is 19.2. The van der Waals surface area contributed by atoms with Crippen molar-refractivity contribution in [1.29, 1.82) is 0 Å². The number of allylic oxidation sites excluding steroid dienone is 3. The lowest BCUT2D eigenvalue weighted by molar-refractivity contribution is 0.627. The predicted molar refractivity (Wildman–Crippen MR) is 152 cm³/mol. The van der Waals surface area contributed by atoms with Crippen LogP contribution >= 0.6 is 0 Å². The van der Waals surface area contributed by atoms with E-state index in [1.807, 2.05) is 122 Å². The van der Waals surface area contributed by atoms with Crippen molar-refractivity contribution in [2.45, 2.75) is 6.92 Å². The Balaban J connectivity index is 1.60. The third kappa shape index (κ3) is 5.67. The molecule has 0 amide bonds. The van der Waals surface area contributed by atoms with Gasteiger partial charge in [-0.05, 0) is 60.1 Å². The van der Waals surface area contributed by atoms with Gasteiger partial charge in [-0.25, -0.2) is 4.99 Å². The zero-order valence-electron chi connectivity index (χ0n) is 20.4. The molecule has 0 fully saturated rings. The van der Waals surface area contributed by atoms with E-state index in [2.05, 4.69) is 0 Å². The molecule has 2 heterocycles. The lowest BCUT2D eigenvalue weighted by Crippen LogP contribution is -2.18. The molecule has 4 aromatic rings. The highest BCUT2D eigenvalue weighted by Crippen LogP contribution is 2.33. The van der Waals surface area contributed by atoms with Gasteiger partial charge in [0.05, 0.1) is 11.4 Å². The first-order valence-corrected chi connectivity index (χ1v) is 12.1. The number of aromatic nitrogens is 1. The molecule has 3 aromatic carbocycles. The van der Waals surface area contributed by atoms with E-state index < -0.39 is 7.40 Å². The van der Waals surface area contributed by atoms with E-state index in [4.69, 9.17) is 4.99 Å². The molecule has 2 nitrogen and oxygen atoms in total. The molecular weight excluding hydrogens is 461 g/mol. The molecule has 0 unspecified atom stereocenters. The topological polar surface area (TPSA) is 17.3 Å². The molecule has 37 heavy (non-hydrogen) atoms. The quantitative estimate of drug-likeness (QED) is 0.234. The summed E-state index contributed by atoms with van der Waals surface area (Å²) in [6.07, 6.45) is 11.3. The van der Waals surface area contributed by atoms with Crippen LogP contribution in [-0.4, -0.2) is 17.6 Å². The predicted octanol–water partition coefficient (Wildman–Crippen LogP) is 8.22. The van der Waals surface area contributed by atoms with Crippen LogP contribution in [0.1, 0.15) is 33.6 Å². The first-order valence-electron chi connectivity index (χ1n) is 12.1. The van der Waals surface area contributed by atoms with Crippen molar-refractivity contribution in [3.8, 4) is 0 Å². The number of hydrogen-bond acceptors (Lipinski definition) is 1. The van der Waals surface area contributed by atoms with E-state index >= 15 is 0 Å². The molecule has 0 aliphatic carbocycles. The van der Waals surface area contributed by atoms with E-state index in [1.54, 1.807) is 18.2 Å². The largest absolute Gasteiger partial charge is 0.678 e. The summed E-state index contributed by atoms with van der Waals surface area (Å²) in [5.41, 5.74) is 6.87. The van der Waals surface area contributed by atoms with Crippen molar-refractivity contribution in [3.05, 3.63) is 155 Å². The lowest BCUT2D eigenvalue weighted by Gasteiger charge is -2.14. The summed E-state index contributed by atoms with van der Waals surface area (Å²) in [5, 5.41) is 0. The maximum Gasteiger partial charge on any atom is 0.678 e. The van der Waals surface area contributed by atoms with Gasteiger partial charge >= 0.3 is 7.40 Å². The number of aliphatic imine (C=N–C) groups is 1. The van der Waals surface area contributed by atoms with Gasteiger partial charge in [-0.1, -0.05) is 103 Å². The Hall–Kier alpha value is -4.51. The highest BCUT2D eigenvalue weighted by molar-refractivity contribution is 6.42. The second-order valence-electron chi connectivity index (χ2n) is 8.78. The number of nitrogens with zero attached hydrogens (tertiary/aromatic N) is 2. The number of aryl methyl sites for hydroxylation is 1. The zero-order valence-corrected chi connectivity index (χ0v) is 20.4. The minimum atomic E-state index is -2.71. The fraction of sp³-hybridized carbons (Fsp3) is 0.0312. The van der Waals surface area contributed by atoms with Crippen LogP contribution in [0.2, 0.25) is 0 Å². The normalized spacial score (nSPS) is 14.5. The van der Waals surface area contributed by atoms with Crippen LogP contribution in [-0.2, 0) is 0 Å². The van der Waals surface area contributed by atoms with Crippen molar-refractivity contribution in [1.82, 2.24) is 4.48 Å². The Bertz CT molecular complexity index is 1520. The zero-order chi connectivity index (χ0) is 25.6. The average Bonchev–Trinajstić information content (AvgIpc) is 3.56. The highest BCUT2D eigenvalue weighted by Gasteiger charge is 2.26. The van der Waals surface area contributed by atoms with Crippen LogP contribution in [0, 0.1) is 6.92 Å². The molecule has 0 radical (unpaired) electrons. The molecule has 180 valence electrons. The second kappa shape index (κ2) is 11.0. The average molecular weight is 486 g/mol. The fourth-order valence-corrected chi connectivity index (χ4v) is 4.27. The molecule has 1 aliphatic heterocycles. The smallest absolute Gasteiger partial charge is 0.325 e. The van der Waals surface area contributed by atoms with E-state index in [9.17, 15) is 8.63 Å². The van der Waals surface area contributed by atoms with Gasteiger partial charge in [0.1, 0.15) is 0 Å². The maximum absolute atomic E-state index is 14.5. The third-order valence-electron chi connectivity index (χ3n) is 6.15. The number of rotatable bonds is 7. The van der Waals surface area contributed by atoms with E-state index in [1.165, 1.54) is 0 Å². The summed E-state index contributed by atoms with van der Waals surface area (Å²) in [6, 6.07) is 31.0. The lowest BCUT2D eigenvalue weighted by atomic mass is 9.98. The van der Waals surface area contributed by atoms with Crippen molar-refractivity contribution in [2.24, 2.45) is 4.99 Å². The summed E-state index contributed by atoms with van der Waals surface area (Å²) in [6.45, 7) is 2.00. The van der Waals surface area contributed by atoms with Crippen LogP contribution in [0.5, 0.6) is 0 Å². The minimum absolute atomic E-state index is 0.420. The number of benzene rings is 3. The van der Waals surface area contributed by atoms with Crippen LogP contribution < -0.4 is 0 Å². The molecule has 5 heteroatoms. The first kappa shape index (κ1) is 24.2. The van der Waals surface area contributed by atoms with Gasteiger partial charge in [0.2, 0.25) is 0 Å². The van der Waals surface area contributed by atoms with Crippen molar-refractivity contribution < 1.29 is 8.63 Å². The summed E-state index contributed by atoms with van der Waals surface area (Å²) in [7, 11) is -2.71. The SMILES string of the molecule is Cc1ccc(/C(=C2/C=CC(/C=C/c3ccccc3)=N2)c2ccc(/C=C/c3ccccc3)n2B(F)F)cc1. The van der Waals surface area contributed by atoms with E-state index in [0.29, 0.717) is 22.7 Å². The van der Waals surface area contributed by atoms with E-state index in [-0.39, 0.29) is 0 Å². The Morgan fingerprint density at radius 1 is 0.703 bits per heavy atom. The molecule has 0 saturated carbocycles. The Morgan fingerprint density at radius 2 is 1.32 bits per heavy atom. The van der Waals surface area contributed by atoms with Gasteiger partial charge in [-0.3, -0.25) is 8.63 Å². The number of hydrogen-bond donors (Lipinski definition) is 0. The van der Waals surface area contributed by atoms with Crippen LogP contribution in [0.25, 0.3) is 23.8 Å². The van der Waals surface area contributed by atoms with Crippen LogP contribution in [0.3, 0.4) is 0 Å². The fourth-order valence-electron chi connectivity index (χ4n) is 4.27. The van der Waals surface area contributed by atoms with Gasteiger partial charge < -0.3 is 4.48 Å². The van der Waals surface area contributed by atoms with Gasteiger partial charge in [-0.2, -0.15) is 0 Å². The molecule has 5 rings (SSSR count). The molecule has 0 saturated heterocycles. The van der Waals surface area contributed by atoms with Gasteiger partial charge in [0.15, 0.2) is 0 Å². The molecule has 0 bridgehead atoms. The standard InChI is InChI=1S/C32H25BF2N2/c1-24-12-16-27(17-13-24)32(30-22-19-28(36-30)18-14-25-8-4-2-5-9-25)31-23-21-29(37(31)33(34)35)20-15-26-10-6-3-7-11-26/h2-23H,1H3/b18-14+,20-15+,32-30+. The van der Waals surface area contributed by atoms with E-state index in [0.717, 1.165) is 32.4 Å². The molecule has 0 atom stereocenters. The van der Waals surface area contributed by atoms with Gasteiger partial charge in [0, 0.05) is 17.0 Å². The summed E-state index contributed by atoms with van der Waals surface area (Å²) in [4.78, 5) is 4.80. The Labute approximate surface area is 216 Å². The maximum atomic E-state index is 14.5. The van der Waals surface area contributed by atoms with Crippen molar-refractivity contribution >= 4 is 36.9 Å². The summed E-state index contributed by atoms with van der Waals surface area (Å²) < 4.78 is 30.1. The minimum Gasteiger partial charge on any atom is -0.325 e. The Morgan fingerprint density at radius 3 is 1.95 bits per heavy atom. The van der Waals surface area contributed by atoms with Crippen molar-refractivity contribution in [2.75, 3.05) is 0 Å². The second-order valence-corrected chi connectivity index (χ2v) is 8.78. The number of halogens is 2. The third-order valence-corrected chi connectivity index (χ3v) is 6.15. The van der Waals surface area contributed by atoms with Gasteiger partial charge in [-0.15, -0.1) is 0 Å². The molecule has 0 N–H and O–H groups in total. The van der Waals surface area contributed by atoms with Crippen LogP contribution in [0.15, 0.2) is 126 Å². The summed E-state index contributed by atoms with van der Waals surface area (Å²) in [5.74, 6) is 0.